The molecule has 0 radical (unpaired) electrons. The monoisotopic (exact) mass is 166 g/mol. The summed E-state index contributed by atoms with van der Waals surface area (Å²) in [4.78, 5) is 0. The summed E-state index contributed by atoms with van der Waals surface area (Å²) in [5.74, 6) is -1.15. The van der Waals surface area contributed by atoms with Gasteiger partial charge in [0.05, 0.1) is 5.92 Å². The third-order valence-electron chi connectivity index (χ3n) is 2.60. The Kier molecular flexibility index (Phi) is 1.93. The molecule has 0 bridgehead atoms. The van der Waals surface area contributed by atoms with Crippen molar-refractivity contribution in [3.05, 3.63) is 0 Å². The van der Waals surface area contributed by atoms with Crippen molar-refractivity contribution in [2.24, 2.45) is 23.7 Å². The van der Waals surface area contributed by atoms with Crippen molar-refractivity contribution in [3.63, 3.8) is 0 Å². The lowest BCUT2D eigenvalue weighted by atomic mass is 10.1. The summed E-state index contributed by atoms with van der Waals surface area (Å²) >= 11 is 0. The molecule has 3 heteroatoms. The molecule has 0 N–H and O–H groups in total. The zero-order valence-corrected chi connectivity index (χ0v) is 6.94. The van der Waals surface area contributed by atoms with E-state index < -0.39 is 12.1 Å². The lowest BCUT2D eigenvalue weighted by molar-refractivity contribution is -0.154. The van der Waals surface area contributed by atoms with Gasteiger partial charge in [0.15, 0.2) is 0 Å². The minimum atomic E-state index is -3.96. The molecule has 0 aromatic carbocycles. The predicted molar refractivity (Wildman–Crippen MR) is 37.0 cm³/mol. The first kappa shape index (κ1) is 8.88. The fourth-order valence-corrected chi connectivity index (χ4v) is 2.03. The minimum Gasteiger partial charge on any atom is -0.171 e. The summed E-state index contributed by atoms with van der Waals surface area (Å²) in [6.45, 7) is 5.39. The molecule has 0 spiro atoms. The molecule has 1 fully saturated rings. The molecule has 11 heavy (non-hydrogen) atoms. The zero-order chi connectivity index (χ0) is 8.81. The van der Waals surface area contributed by atoms with Gasteiger partial charge in [-0.3, -0.25) is 0 Å². The Balaban J connectivity index is 2.55. The van der Waals surface area contributed by atoms with E-state index in [1.165, 1.54) is 0 Å². The van der Waals surface area contributed by atoms with E-state index in [2.05, 4.69) is 0 Å². The van der Waals surface area contributed by atoms with Gasteiger partial charge in [-0.25, -0.2) is 0 Å². The highest BCUT2D eigenvalue weighted by Crippen LogP contribution is 2.58. The average Bonchev–Trinajstić information content (AvgIpc) is 2.38. The number of hydrogen-bond donors (Lipinski definition) is 0. The largest absolute Gasteiger partial charge is 0.392 e. The van der Waals surface area contributed by atoms with Crippen LogP contribution in [0.25, 0.3) is 0 Å². The van der Waals surface area contributed by atoms with E-state index in [0.717, 1.165) is 0 Å². The van der Waals surface area contributed by atoms with Crippen molar-refractivity contribution in [2.75, 3.05) is 0 Å². The predicted octanol–water partition coefficient (Wildman–Crippen LogP) is 3.09. The van der Waals surface area contributed by atoms with Gasteiger partial charge in [0.2, 0.25) is 0 Å². The summed E-state index contributed by atoms with van der Waals surface area (Å²) in [6, 6.07) is 0. The second kappa shape index (κ2) is 2.39. The second-order valence-electron chi connectivity index (χ2n) is 3.75. The van der Waals surface area contributed by atoms with E-state index in [1.807, 2.05) is 13.8 Å². The topological polar surface area (TPSA) is 0 Å². The molecule has 1 aliphatic rings. The van der Waals surface area contributed by atoms with Gasteiger partial charge < -0.3 is 0 Å². The molecule has 0 aliphatic heterocycles. The Morgan fingerprint density at radius 1 is 1.18 bits per heavy atom. The maximum Gasteiger partial charge on any atom is 0.392 e. The van der Waals surface area contributed by atoms with Crippen LogP contribution in [0.2, 0.25) is 0 Å². The zero-order valence-electron chi connectivity index (χ0n) is 6.94. The van der Waals surface area contributed by atoms with Crippen LogP contribution < -0.4 is 0 Å². The van der Waals surface area contributed by atoms with Crippen LogP contribution in [-0.2, 0) is 0 Å². The Labute approximate surface area is 64.8 Å². The lowest BCUT2D eigenvalue weighted by Crippen LogP contribution is -2.13. The number of rotatable bonds is 1. The van der Waals surface area contributed by atoms with E-state index in [-0.39, 0.29) is 17.8 Å². The summed E-state index contributed by atoms with van der Waals surface area (Å²) < 4.78 is 36.3. The molecule has 0 amide bonds. The summed E-state index contributed by atoms with van der Waals surface area (Å²) in [7, 11) is 0. The Morgan fingerprint density at radius 2 is 1.64 bits per heavy atom. The Morgan fingerprint density at radius 3 is 1.73 bits per heavy atom. The highest BCUT2D eigenvalue weighted by atomic mass is 19.4. The van der Waals surface area contributed by atoms with Crippen LogP contribution in [0.5, 0.6) is 0 Å². The van der Waals surface area contributed by atoms with Gasteiger partial charge in [-0.2, -0.15) is 13.2 Å². The normalized spacial score (nSPS) is 37.9. The van der Waals surface area contributed by atoms with Gasteiger partial charge in [0, 0.05) is 0 Å². The molecule has 0 aromatic rings. The number of hydrogen-bond acceptors (Lipinski definition) is 0. The number of alkyl halides is 3. The molecule has 1 saturated carbocycles. The summed E-state index contributed by atoms with van der Waals surface area (Å²) in [6.07, 6.45) is -3.96. The van der Waals surface area contributed by atoms with E-state index >= 15 is 0 Å². The third kappa shape index (κ3) is 1.52. The van der Waals surface area contributed by atoms with E-state index in [4.69, 9.17) is 0 Å². The maximum atomic E-state index is 12.1. The molecular formula is C8H13F3. The van der Waals surface area contributed by atoms with Crippen LogP contribution in [-0.4, -0.2) is 6.18 Å². The first-order valence-corrected chi connectivity index (χ1v) is 3.92. The molecular weight excluding hydrogens is 153 g/mol. The highest BCUT2D eigenvalue weighted by Gasteiger charge is 2.62. The van der Waals surface area contributed by atoms with Crippen molar-refractivity contribution in [1.82, 2.24) is 0 Å². The standard InChI is InChI=1S/C8H13F3/c1-4(2)6-5(3)7(6)8(9,10)11/h4-7H,1-3H3. The maximum absolute atomic E-state index is 12.1. The Bertz CT molecular complexity index is 148. The number of halogens is 3. The van der Waals surface area contributed by atoms with E-state index in [0.29, 0.717) is 0 Å². The Hall–Kier alpha value is -0.210. The molecule has 0 nitrogen and oxygen atoms in total. The summed E-state index contributed by atoms with van der Waals surface area (Å²) in [5.41, 5.74) is 0. The van der Waals surface area contributed by atoms with Crippen molar-refractivity contribution < 1.29 is 13.2 Å². The summed E-state index contributed by atoms with van der Waals surface area (Å²) in [5, 5.41) is 0. The third-order valence-corrected chi connectivity index (χ3v) is 2.60. The molecule has 0 saturated heterocycles. The molecule has 3 unspecified atom stereocenters. The van der Waals surface area contributed by atoms with Gasteiger partial charge in [0.1, 0.15) is 0 Å². The van der Waals surface area contributed by atoms with E-state index in [9.17, 15) is 13.2 Å². The molecule has 1 aliphatic carbocycles. The second-order valence-corrected chi connectivity index (χ2v) is 3.75. The fourth-order valence-electron chi connectivity index (χ4n) is 2.03. The minimum absolute atomic E-state index is 0.130. The van der Waals surface area contributed by atoms with Crippen LogP contribution in [0, 0.1) is 23.7 Å². The molecule has 0 aromatic heterocycles. The van der Waals surface area contributed by atoms with Crippen LogP contribution in [0.4, 0.5) is 13.2 Å². The molecule has 0 heterocycles. The van der Waals surface area contributed by atoms with Crippen molar-refractivity contribution >= 4 is 0 Å². The van der Waals surface area contributed by atoms with Crippen LogP contribution in [0.3, 0.4) is 0 Å². The highest BCUT2D eigenvalue weighted by molar-refractivity contribution is 4.99. The van der Waals surface area contributed by atoms with Crippen molar-refractivity contribution in [2.45, 2.75) is 26.9 Å². The van der Waals surface area contributed by atoms with Gasteiger partial charge >= 0.3 is 6.18 Å². The van der Waals surface area contributed by atoms with Crippen LogP contribution in [0.1, 0.15) is 20.8 Å². The van der Waals surface area contributed by atoms with Gasteiger partial charge in [-0.15, -0.1) is 0 Å². The van der Waals surface area contributed by atoms with Crippen LogP contribution in [0.15, 0.2) is 0 Å². The fraction of sp³-hybridized carbons (Fsp3) is 1.00. The van der Waals surface area contributed by atoms with Gasteiger partial charge in [-0.1, -0.05) is 20.8 Å². The average molecular weight is 166 g/mol. The quantitative estimate of drug-likeness (QED) is 0.561. The van der Waals surface area contributed by atoms with Crippen molar-refractivity contribution in [3.8, 4) is 0 Å². The van der Waals surface area contributed by atoms with Gasteiger partial charge in [0.25, 0.3) is 0 Å². The molecule has 1 rings (SSSR count). The molecule has 3 atom stereocenters. The first-order valence-electron chi connectivity index (χ1n) is 3.92. The SMILES string of the molecule is CC(C)C1C(C)C1C(F)(F)F. The lowest BCUT2D eigenvalue weighted by Gasteiger charge is -2.06. The van der Waals surface area contributed by atoms with Gasteiger partial charge in [-0.05, 0) is 17.8 Å². The van der Waals surface area contributed by atoms with E-state index in [1.54, 1.807) is 6.92 Å². The first-order chi connectivity index (χ1) is 4.85. The van der Waals surface area contributed by atoms with Crippen molar-refractivity contribution in [1.29, 1.82) is 0 Å². The van der Waals surface area contributed by atoms with Crippen LogP contribution >= 0.6 is 0 Å². The molecule has 66 valence electrons. The smallest absolute Gasteiger partial charge is 0.171 e.